The van der Waals surface area contributed by atoms with E-state index >= 15 is 4.79 Å². The van der Waals surface area contributed by atoms with Crippen LogP contribution in [0.3, 0.4) is 0 Å². The van der Waals surface area contributed by atoms with E-state index in [9.17, 15) is 9.18 Å². The normalized spacial score (nSPS) is 12.8. The van der Waals surface area contributed by atoms with Gasteiger partial charge in [-0.25, -0.2) is 18.3 Å². The summed E-state index contributed by atoms with van der Waals surface area (Å²) >= 11 is 2.81. The first-order valence-electron chi connectivity index (χ1n) is 20.2. The Labute approximate surface area is 357 Å². The second kappa shape index (κ2) is 14.6. The molecule has 1 aliphatic rings. The molecule has 0 N–H and O–H groups in total. The lowest BCUT2D eigenvalue weighted by Crippen LogP contribution is -2.31. The first-order valence-corrected chi connectivity index (χ1v) is 21.9. The molecule has 1 aliphatic heterocycles. The molecular formula is C48H37FN8O2S2. The molecule has 10 nitrogen and oxygen atoms in total. The largest absolute Gasteiger partial charge is 0.311 e. The average Bonchev–Trinajstić information content (AvgIpc) is 4.13. The summed E-state index contributed by atoms with van der Waals surface area (Å²) < 4.78 is 22.2. The highest BCUT2D eigenvalue weighted by molar-refractivity contribution is 7.21. The monoisotopic (exact) mass is 840 g/mol. The average molecular weight is 841 g/mol. The van der Waals surface area contributed by atoms with Crippen LogP contribution in [0, 0.1) is 19.7 Å². The van der Waals surface area contributed by atoms with Crippen molar-refractivity contribution in [3.05, 3.63) is 171 Å². The van der Waals surface area contributed by atoms with Crippen molar-refractivity contribution in [2.75, 3.05) is 4.90 Å². The summed E-state index contributed by atoms with van der Waals surface area (Å²) in [4.78, 5) is 34.7. The van der Waals surface area contributed by atoms with E-state index in [1.807, 2.05) is 119 Å². The van der Waals surface area contributed by atoms with Gasteiger partial charge in [-0.15, -0.1) is 22.7 Å². The van der Waals surface area contributed by atoms with Crippen LogP contribution in [-0.2, 0) is 19.5 Å². The number of anilines is 1. The quantitative estimate of drug-likeness (QED) is 0.135. The number of hydrogen-bond donors (Lipinski definition) is 0. The van der Waals surface area contributed by atoms with Gasteiger partial charge in [-0.05, 0) is 99.3 Å². The molecule has 300 valence electrons. The van der Waals surface area contributed by atoms with Crippen LogP contribution < -0.4 is 4.90 Å². The summed E-state index contributed by atoms with van der Waals surface area (Å²) in [5, 5.41) is 16.7. The highest BCUT2D eigenvalue weighted by Crippen LogP contribution is 2.40. The summed E-state index contributed by atoms with van der Waals surface area (Å²) in [6.07, 6.45) is 2.58. The van der Waals surface area contributed by atoms with E-state index in [0.29, 0.717) is 33.5 Å². The number of fused-ring (bicyclic) bond motifs is 2. The second-order valence-corrected chi connectivity index (χ2v) is 17.4. The molecule has 10 aromatic rings. The minimum Gasteiger partial charge on any atom is -0.311 e. The predicted molar refractivity (Wildman–Crippen MR) is 239 cm³/mol. The topological polar surface area (TPSA) is 95.3 Å². The first-order chi connectivity index (χ1) is 29.8. The van der Waals surface area contributed by atoms with Crippen molar-refractivity contribution in [2.45, 2.75) is 46.2 Å². The molecule has 11 rings (SSSR count). The van der Waals surface area contributed by atoms with E-state index in [1.54, 1.807) is 17.0 Å². The fourth-order valence-electron chi connectivity index (χ4n) is 8.64. The number of carbonyl (C=O) groups is 2. The number of rotatable bonds is 9. The molecule has 4 aromatic carbocycles. The van der Waals surface area contributed by atoms with Gasteiger partial charge in [0.25, 0.3) is 5.91 Å². The third-order valence-corrected chi connectivity index (χ3v) is 13.8. The Morgan fingerprint density at radius 1 is 0.705 bits per heavy atom. The van der Waals surface area contributed by atoms with E-state index in [2.05, 4.69) is 16.7 Å². The number of aromatic nitrogens is 7. The maximum Gasteiger partial charge on any atom is 0.268 e. The van der Waals surface area contributed by atoms with Crippen LogP contribution in [0.25, 0.3) is 48.6 Å². The molecule has 0 saturated heterocycles. The second-order valence-electron chi connectivity index (χ2n) is 15.3. The molecule has 0 spiro atoms. The van der Waals surface area contributed by atoms with E-state index in [-0.39, 0.29) is 18.2 Å². The molecule has 0 fully saturated rings. The summed E-state index contributed by atoms with van der Waals surface area (Å²) in [7, 11) is 0. The Kier molecular flexibility index (Phi) is 8.90. The lowest BCUT2D eigenvalue weighted by atomic mass is 9.96. The van der Waals surface area contributed by atoms with Gasteiger partial charge in [0.2, 0.25) is 5.78 Å². The molecule has 0 bridgehead atoms. The van der Waals surface area contributed by atoms with Crippen molar-refractivity contribution in [2.24, 2.45) is 0 Å². The first kappa shape index (κ1) is 37.1. The van der Waals surface area contributed by atoms with Crippen LogP contribution in [0.1, 0.15) is 60.7 Å². The number of benzene rings is 4. The standard InChI is InChI=1S/C48H37FN8O2S2/c1-29-37-26-39(60-47(37)55(50-29)34-16-8-4-9-17-34)44(58)43-42(31-14-6-3-7-15-31)36-20-12-13-25-53-41(52-57(43)45(36)53)28-54(33-23-21-32(49)22-24-33)46(59)40-27-38-30(2)51-56(48(38)61-40)35-18-10-5-11-19-35/h3-11,14-19,21-24,26-27H,12-13,20,25,28H2,1-2H3. The third kappa shape index (κ3) is 6.14. The number of halogens is 1. The van der Waals surface area contributed by atoms with Gasteiger partial charge < -0.3 is 9.47 Å². The summed E-state index contributed by atoms with van der Waals surface area (Å²) in [6.45, 7) is 4.66. The zero-order valence-corrected chi connectivity index (χ0v) is 34.9. The molecule has 0 saturated carbocycles. The van der Waals surface area contributed by atoms with Crippen LogP contribution >= 0.6 is 22.7 Å². The number of amides is 1. The van der Waals surface area contributed by atoms with E-state index in [1.165, 1.54) is 34.8 Å². The van der Waals surface area contributed by atoms with Gasteiger partial charge >= 0.3 is 0 Å². The number of hydrogen-bond acceptors (Lipinski definition) is 7. The van der Waals surface area contributed by atoms with E-state index in [0.717, 1.165) is 84.8 Å². The number of ketones is 1. The summed E-state index contributed by atoms with van der Waals surface area (Å²) in [5.74, 6) is -0.135. The van der Waals surface area contributed by atoms with Crippen LogP contribution in [0.2, 0.25) is 0 Å². The lowest BCUT2D eigenvalue weighted by Gasteiger charge is -2.22. The molecule has 6 aromatic heterocycles. The molecule has 0 radical (unpaired) electrons. The smallest absolute Gasteiger partial charge is 0.268 e. The number of para-hydroxylation sites is 2. The van der Waals surface area contributed by atoms with Crippen molar-refractivity contribution in [1.82, 2.24) is 33.7 Å². The summed E-state index contributed by atoms with van der Waals surface area (Å²) in [5.41, 5.74) is 8.26. The molecule has 0 aliphatic carbocycles. The minimum absolute atomic E-state index is 0.0902. The highest BCUT2D eigenvalue weighted by atomic mass is 32.1. The van der Waals surface area contributed by atoms with Crippen LogP contribution in [0.15, 0.2) is 127 Å². The van der Waals surface area contributed by atoms with Gasteiger partial charge in [-0.1, -0.05) is 66.7 Å². The van der Waals surface area contributed by atoms with Crippen molar-refractivity contribution in [3.63, 3.8) is 0 Å². The van der Waals surface area contributed by atoms with E-state index < -0.39 is 5.82 Å². The van der Waals surface area contributed by atoms with Gasteiger partial charge in [-0.3, -0.25) is 9.59 Å². The fraction of sp³-hybridized carbons (Fsp3) is 0.146. The SMILES string of the molecule is Cc1nn(-c2ccccc2)c2sc(C(=O)c3c(-c4ccccc4)c4c5n(c(CN(C(=O)c6cc7c(C)nn(-c8ccccc8)c7s6)c6ccc(F)cc6)nn35)CCCC4)cc12. The predicted octanol–water partition coefficient (Wildman–Crippen LogP) is 10.8. The number of aryl methyl sites for hydroxylation is 4. The van der Waals surface area contributed by atoms with Crippen molar-refractivity contribution in [1.29, 1.82) is 0 Å². The zero-order chi connectivity index (χ0) is 41.4. The Bertz CT molecular complexity index is 3300. The Hall–Kier alpha value is -6.96. The molecule has 0 atom stereocenters. The molecular weight excluding hydrogens is 804 g/mol. The third-order valence-electron chi connectivity index (χ3n) is 11.5. The number of nitrogens with zero attached hydrogens (tertiary/aromatic N) is 8. The highest BCUT2D eigenvalue weighted by Gasteiger charge is 2.33. The van der Waals surface area contributed by atoms with Crippen molar-refractivity contribution >= 4 is 66.1 Å². The lowest BCUT2D eigenvalue weighted by molar-refractivity contribution is 0.0986. The van der Waals surface area contributed by atoms with Crippen molar-refractivity contribution < 1.29 is 14.0 Å². The van der Waals surface area contributed by atoms with Gasteiger partial charge in [0.1, 0.15) is 26.8 Å². The van der Waals surface area contributed by atoms with E-state index in [4.69, 9.17) is 15.3 Å². The maximum atomic E-state index is 15.2. The number of carbonyl (C=O) groups excluding carboxylic acids is 2. The molecule has 1 amide bonds. The Morgan fingerprint density at radius 2 is 1.28 bits per heavy atom. The Morgan fingerprint density at radius 3 is 1.90 bits per heavy atom. The maximum absolute atomic E-state index is 15.2. The van der Waals surface area contributed by atoms with Crippen LogP contribution in [0.4, 0.5) is 10.1 Å². The fourth-order valence-corrected chi connectivity index (χ4v) is 10.9. The van der Waals surface area contributed by atoms with Gasteiger partial charge in [0.05, 0.1) is 39.1 Å². The van der Waals surface area contributed by atoms with Crippen LogP contribution in [0.5, 0.6) is 0 Å². The molecule has 0 unspecified atom stereocenters. The number of thiophene rings is 2. The van der Waals surface area contributed by atoms with Gasteiger partial charge in [-0.2, -0.15) is 15.3 Å². The Balaban J connectivity index is 1.06. The zero-order valence-electron chi connectivity index (χ0n) is 33.2. The minimum atomic E-state index is -0.396. The van der Waals surface area contributed by atoms with Crippen LogP contribution in [-0.4, -0.2) is 45.4 Å². The molecule has 7 heterocycles. The van der Waals surface area contributed by atoms with Crippen molar-refractivity contribution in [3.8, 4) is 22.5 Å². The molecule has 13 heteroatoms. The summed E-state index contributed by atoms with van der Waals surface area (Å²) in [6, 6.07) is 39.8. The van der Waals surface area contributed by atoms with Gasteiger partial charge in [0, 0.05) is 34.1 Å². The molecule has 61 heavy (non-hydrogen) atoms. The van der Waals surface area contributed by atoms with Gasteiger partial charge in [0.15, 0.2) is 5.82 Å².